The Hall–Kier alpha value is -1.11. The van der Waals surface area contributed by atoms with Gasteiger partial charge in [-0.05, 0) is 24.5 Å². The molecule has 0 saturated carbocycles. The Bertz CT molecular complexity index is 443. The number of hydrogen-bond donors (Lipinski definition) is 1. The van der Waals surface area contributed by atoms with Crippen LogP contribution in [0.5, 0.6) is 0 Å². The summed E-state index contributed by atoms with van der Waals surface area (Å²) < 4.78 is 43.5. The first-order valence-electron chi connectivity index (χ1n) is 7.10. The van der Waals surface area contributed by atoms with Crippen LogP contribution in [0, 0.1) is 0 Å². The molecule has 1 aromatic carbocycles. The summed E-state index contributed by atoms with van der Waals surface area (Å²) in [5, 5.41) is 8.71. The largest absolute Gasteiger partial charge is 0.416 e. The van der Waals surface area contributed by atoms with Crippen LogP contribution < -0.4 is 0 Å². The molecule has 3 nitrogen and oxygen atoms in total. The average Bonchev–Trinajstić information content (AvgIpc) is 2.46. The van der Waals surface area contributed by atoms with Crippen molar-refractivity contribution in [2.75, 3.05) is 26.3 Å². The lowest BCUT2D eigenvalue weighted by Gasteiger charge is -2.31. The first-order valence-corrected chi connectivity index (χ1v) is 7.10. The van der Waals surface area contributed by atoms with E-state index in [-0.39, 0.29) is 12.7 Å². The fraction of sp³-hybridized carbons (Fsp3) is 0.600. The molecule has 0 amide bonds. The predicted molar refractivity (Wildman–Crippen MR) is 72.8 cm³/mol. The Morgan fingerprint density at radius 1 is 1.24 bits per heavy atom. The molecule has 1 aliphatic heterocycles. The van der Waals surface area contributed by atoms with E-state index >= 15 is 0 Å². The molecule has 1 saturated heterocycles. The van der Waals surface area contributed by atoms with Crippen molar-refractivity contribution in [1.82, 2.24) is 4.90 Å². The molecule has 0 atom stereocenters. The van der Waals surface area contributed by atoms with Gasteiger partial charge in [-0.25, -0.2) is 0 Å². The minimum atomic E-state index is -4.29. The lowest BCUT2D eigenvalue weighted by molar-refractivity contribution is -0.137. The summed E-state index contributed by atoms with van der Waals surface area (Å²) in [6, 6.07) is 5.49. The summed E-state index contributed by atoms with van der Waals surface area (Å²) in [5.41, 5.74) is 0.0840. The fourth-order valence-corrected chi connectivity index (χ4v) is 2.56. The maximum Gasteiger partial charge on any atom is 0.416 e. The van der Waals surface area contributed by atoms with Crippen molar-refractivity contribution in [3.63, 3.8) is 0 Å². The van der Waals surface area contributed by atoms with Gasteiger partial charge < -0.3 is 9.84 Å². The summed E-state index contributed by atoms with van der Waals surface area (Å²) in [4.78, 5) is 2.13. The molecule has 1 heterocycles. The van der Waals surface area contributed by atoms with Gasteiger partial charge >= 0.3 is 6.18 Å². The Morgan fingerprint density at radius 3 is 2.57 bits per heavy atom. The molecule has 0 spiro atoms. The number of benzene rings is 1. The van der Waals surface area contributed by atoms with Gasteiger partial charge in [-0.1, -0.05) is 18.2 Å². The molecular formula is C15H20F3NO2. The standard InChI is InChI=1S/C15H20F3NO2/c16-15(17,18)13-3-1-2-12(10-13)11-19-6-4-14(5-7-19)21-9-8-20/h1-3,10,14,20H,4-9,11H2. The second-order valence-electron chi connectivity index (χ2n) is 5.27. The third-order valence-corrected chi connectivity index (χ3v) is 3.64. The number of aliphatic hydroxyl groups is 1. The van der Waals surface area contributed by atoms with Crippen molar-refractivity contribution < 1.29 is 23.0 Å². The summed E-state index contributed by atoms with van der Waals surface area (Å²) in [5.74, 6) is 0. The first-order chi connectivity index (χ1) is 9.99. The molecule has 1 aromatic rings. The molecule has 6 heteroatoms. The van der Waals surface area contributed by atoms with Crippen LogP contribution >= 0.6 is 0 Å². The Labute approximate surface area is 122 Å². The highest BCUT2D eigenvalue weighted by Gasteiger charge is 2.30. The van der Waals surface area contributed by atoms with Crippen LogP contribution in [-0.4, -0.2) is 42.4 Å². The quantitative estimate of drug-likeness (QED) is 0.908. The molecule has 0 radical (unpaired) electrons. The Kier molecular flexibility index (Phi) is 5.61. The lowest BCUT2D eigenvalue weighted by atomic mass is 10.1. The summed E-state index contributed by atoms with van der Waals surface area (Å²) in [6.45, 7) is 2.48. The maximum absolute atomic E-state index is 12.7. The zero-order valence-corrected chi connectivity index (χ0v) is 11.8. The molecule has 0 unspecified atom stereocenters. The van der Waals surface area contributed by atoms with Crippen molar-refractivity contribution in [1.29, 1.82) is 0 Å². The highest BCUT2D eigenvalue weighted by Crippen LogP contribution is 2.30. The molecular weight excluding hydrogens is 283 g/mol. The van der Waals surface area contributed by atoms with Crippen LogP contribution in [0.1, 0.15) is 24.0 Å². The molecule has 118 valence electrons. The number of likely N-dealkylation sites (tertiary alicyclic amines) is 1. The van der Waals surface area contributed by atoms with E-state index in [1.807, 2.05) is 0 Å². The molecule has 1 aliphatic rings. The summed E-state index contributed by atoms with van der Waals surface area (Å²) in [6.07, 6.45) is -2.45. The van der Waals surface area contributed by atoms with E-state index in [0.717, 1.165) is 32.0 Å². The van der Waals surface area contributed by atoms with E-state index in [0.29, 0.717) is 18.7 Å². The second kappa shape index (κ2) is 7.24. The van der Waals surface area contributed by atoms with E-state index in [2.05, 4.69) is 4.90 Å². The van der Waals surface area contributed by atoms with Crippen LogP contribution in [0.25, 0.3) is 0 Å². The smallest absolute Gasteiger partial charge is 0.394 e. The number of piperidine rings is 1. The molecule has 1 N–H and O–H groups in total. The number of rotatable bonds is 5. The maximum atomic E-state index is 12.7. The summed E-state index contributed by atoms with van der Waals surface area (Å²) in [7, 11) is 0. The van der Waals surface area contributed by atoms with E-state index < -0.39 is 11.7 Å². The number of alkyl halides is 3. The van der Waals surface area contributed by atoms with Gasteiger partial charge in [0.1, 0.15) is 0 Å². The van der Waals surface area contributed by atoms with Crippen LogP contribution in [-0.2, 0) is 17.5 Å². The van der Waals surface area contributed by atoms with Crippen LogP contribution in [0.4, 0.5) is 13.2 Å². The van der Waals surface area contributed by atoms with Crippen molar-refractivity contribution in [3.8, 4) is 0 Å². The van der Waals surface area contributed by atoms with Gasteiger partial charge in [0.2, 0.25) is 0 Å². The van der Waals surface area contributed by atoms with Crippen molar-refractivity contribution in [2.45, 2.75) is 31.7 Å². The molecule has 0 aliphatic carbocycles. The highest BCUT2D eigenvalue weighted by molar-refractivity contribution is 5.25. The third kappa shape index (κ3) is 4.98. The third-order valence-electron chi connectivity index (χ3n) is 3.64. The van der Waals surface area contributed by atoms with Gasteiger partial charge in [0, 0.05) is 19.6 Å². The van der Waals surface area contributed by atoms with E-state index in [1.54, 1.807) is 6.07 Å². The zero-order chi connectivity index (χ0) is 15.3. The van der Waals surface area contributed by atoms with Crippen molar-refractivity contribution in [3.05, 3.63) is 35.4 Å². The van der Waals surface area contributed by atoms with Crippen LogP contribution in [0.3, 0.4) is 0 Å². The van der Waals surface area contributed by atoms with E-state index in [1.165, 1.54) is 12.1 Å². The van der Waals surface area contributed by atoms with Gasteiger partial charge in [-0.2, -0.15) is 13.2 Å². The number of aliphatic hydroxyl groups excluding tert-OH is 1. The van der Waals surface area contributed by atoms with Crippen molar-refractivity contribution >= 4 is 0 Å². The Morgan fingerprint density at radius 2 is 1.95 bits per heavy atom. The number of nitrogens with zero attached hydrogens (tertiary/aromatic N) is 1. The molecule has 2 rings (SSSR count). The molecule has 1 fully saturated rings. The van der Waals surface area contributed by atoms with Crippen LogP contribution in [0.15, 0.2) is 24.3 Å². The second-order valence-corrected chi connectivity index (χ2v) is 5.27. The van der Waals surface area contributed by atoms with Gasteiger partial charge in [-0.15, -0.1) is 0 Å². The number of ether oxygens (including phenoxy) is 1. The number of halogens is 3. The normalized spacial score (nSPS) is 18.1. The SMILES string of the molecule is OCCOC1CCN(Cc2cccc(C(F)(F)F)c2)CC1. The fourth-order valence-electron chi connectivity index (χ4n) is 2.56. The monoisotopic (exact) mass is 303 g/mol. The Balaban J connectivity index is 1.86. The van der Waals surface area contributed by atoms with Gasteiger partial charge in [0.25, 0.3) is 0 Å². The predicted octanol–water partition coefficient (Wildman–Crippen LogP) is 2.68. The lowest BCUT2D eigenvalue weighted by Crippen LogP contribution is -2.36. The first kappa shape index (κ1) is 16.3. The van der Waals surface area contributed by atoms with Gasteiger partial charge in [-0.3, -0.25) is 4.90 Å². The van der Waals surface area contributed by atoms with E-state index in [9.17, 15) is 13.2 Å². The van der Waals surface area contributed by atoms with Gasteiger partial charge in [0.15, 0.2) is 0 Å². The summed E-state index contributed by atoms with van der Waals surface area (Å²) >= 11 is 0. The number of hydrogen-bond acceptors (Lipinski definition) is 3. The molecule has 0 aromatic heterocycles. The molecule has 21 heavy (non-hydrogen) atoms. The molecule has 0 bridgehead atoms. The van der Waals surface area contributed by atoms with Gasteiger partial charge in [0.05, 0.1) is 24.9 Å². The topological polar surface area (TPSA) is 32.7 Å². The highest BCUT2D eigenvalue weighted by atomic mass is 19.4. The zero-order valence-electron chi connectivity index (χ0n) is 11.8. The average molecular weight is 303 g/mol. The minimum absolute atomic E-state index is 0.0183. The van der Waals surface area contributed by atoms with Crippen LogP contribution in [0.2, 0.25) is 0 Å². The van der Waals surface area contributed by atoms with E-state index in [4.69, 9.17) is 9.84 Å². The minimum Gasteiger partial charge on any atom is -0.394 e. The van der Waals surface area contributed by atoms with Crippen molar-refractivity contribution in [2.24, 2.45) is 0 Å².